The van der Waals surface area contributed by atoms with Crippen molar-refractivity contribution in [3.05, 3.63) is 24.3 Å². The van der Waals surface area contributed by atoms with E-state index in [0.717, 1.165) is 17.7 Å². The molecule has 6 atom stereocenters. The minimum absolute atomic E-state index is 0. The molecule has 4 rings (SSSR count). The van der Waals surface area contributed by atoms with Crippen molar-refractivity contribution in [1.82, 2.24) is 0 Å². The Balaban J connectivity index is 0. The number of aliphatic imine (C=N–C) groups is 1. The predicted octanol–water partition coefficient (Wildman–Crippen LogP) is 2.66. The molecule has 0 aromatic rings. The van der Waals surface area contributed by atoms with E-state index in [2.05, 4.69) is 30.8 Å². The number of carboxylic acid groups (broad SMARTS) is 4. The summed E-state index contributed by atoms with van der Waals surface area (Å²) in [6.45, 7) is 12.1. The molecule has 15 nitrogen and oxygen atoms in total. The molecule has 4 saturated carbocycles. The number of aliphatic carboxylic acids is 4. The molecule has 0 aromatic heterocycles. The number of hydrogen-bond acceptors (Lipinski definition) is 12. The molecule has 0 amide bonds. The highest BCUT2D eigenvalue weighted by Crippen LogP contribution is 2.31. The van der Waals surface area contributed by atoms with Crippen LogP contribution < -0.4 is 0 Å². The number of aliphatic hydroxyl groups is 2. The van der Waals surface area contributed by atoms with Gasteiger partial charge in [0.1, 0.15) is 11.6 Å². The van der Waals surface area contributed by atoms with E-state index in [4.69, 9.17) is 30.6 Å². The number of ketones is 3. The number of thioether (sulfide) groups is 1. The number of allylic oxidation sites excluding steroid dienone is 2. The third-order valence-electron chi connectivity index (χ3n) is 8.50. The highest BCUT2D eigenvalue weighted by atomic mass is 32.2. The molecule has 0 spiro atoms. The van der Waals surface area contributed by atoms with Gasteiger partial charge in [-0.05, 0) is 50.2 Å². The molecule has 8 N–H and O–H groups in total. The lowest BCUT2D eigenvalue weighted by molar-refractivity contribution is -0.142. The molecule has 296 valence electrons. The van der Waals surface area contributed by atoms with Crippen LogP contribution in [0.1, 0.15) is 71.6 Å². The monoisotopic (exact) mass is 777 g/mol. The van der Waals surface area contributed by atoms with Gasteiger partial charge in [-0.3, -0.25) is 38.6 Å². The molecule has 52 heavy (non-hydrogen) atoms. The first-order chi connectivity index (χ1) is 24.0. The second-order valence-electron chi connectivity index (χ2n) is 12.4. The van der Waals surface area contributed by atoms with E-state index in [0.29, 0.717) is 61.5 Å². The maximum absolute atomic E-state index is 11.3. The fourth-order valence-electron chi connectivity index (χ4n) is 5.59. The van der Waals surface area contributed by atoms with Crippen LogP contribution >= 0.6 is 24.4 Å². The average Bonchev–Trinajstić information content (AvgIpc) is 3.85. The Hall–Kier alpha value is -3.38. The van der Waals surface area contributed by atoms with Crippen molar-refractivity contribution in [2.75, 3.05) is 37.0 Å². The minimum atomic E-state index is -0.896. The normalized spacial score (nSPS) is 25.3. The van der Waals surface area contributed by atoms with Crippen LogP contribution in [0.5, 0.6) is 0 Å². The van der Waals surface area contributed by atoms with Crippen LogP contribution in [0.15, 0.2) is 29.3 Å². The van der Waals surface area contributed by atoms with E-state index in [-0.39, 0.29) is 73.1 Å². The smallest absolute Gasteiger partial charge is 0.307 e. The fourth-order valence-corrected chi connectivity index (χ4v) is 6.49. The summed E-state index contributed by atoms with van der Waals surface area (Å²) in [4.78, 5) is 79.3. The number of carbonyl (C=O) groups excluding carboxylic acids is 3. The van der Waals surface area contributed by atoms with Gasteiger partial charge in [-0.25, -0.2) is 0 Å². The number of aliphatic hydroxyl groups excluding tert-OH is 2. The van der Waals surface area contributed by atoms with Crippen LogP contribution in [0, 0.1) is 35.5 Å². The van der Waals surface area contributed by atoms with E-state index in [1.807, 2.05) is 13.8 Å². The lowest BCUT2D eigenvalue weighted by Gasteiger charge is -2.06. The number of carbonyl (C=O) groups is 7. The van der Waals surface area contributed by atoms with Gasteiger partial charge in [0.05, 0.1) is 36.9 Å². The SMILES string of the molecule is C=C1C[C@H](C(=O)O)CC1=NCC.C=C1C[C@H](C(=O)O)CC1=O.CCC1CC(C(=O)O)CC1=O.O.O=C(O)C1CC(=O)C(CSCCO)C1.OCCS. The molecular formula is C35H55NO14S2. The topological polar surface area (TPSA) is 285 Å². The third kappa shape index (κ3) is 18.9. The summed E-state index contributed by atoms with van der Waals surface area (Å²) in [7, 11) is 0. The van der Waals surface area contributed by atoms with Gasteiger partial charge in [0, 0.05) is 67.0 Å². The first-order valence-electron chi connectivity index (χ1n) is 16.8. The van der Waals surface area contributed by atoms with E-state index in [1.54, 1.807) is 0 Å². The quantitative estimate of drug-likeness (QED) is 0.0902. The maximum atomic E-state index is 11.3. The number of thiol groups is 1. The fraction of sp³-hybridized carbons (Fsp3) is 0.657. The van der Waals surface area contributed by atoms with Crippen LogP contribution in [-0.4, -0.2) is 120 Å². The molecule has 0 aromatic carbocycles. The number of hydrogen-bond donors (Lipinski definition) is 7. The Kier molecular flexibility index (Phi) is 26.6. The first-order valence-corrected chi connectivity index (χ1v) is 18.5. The van der Waals surface area contributed by atoms with Gasteiger partial charge in [-0.2, -0.15) is 24.4 Å². The average molecular weight is 778 g/mol. The van der Waals surface area contributed by atoms with Gasteiger partial charge in [0.25, 0.3) is 0 Å². The van der Waals surface area contributed by atoms with Gasteiger partial charge >= 0.3 is 23.9 Å². The molecule has 0 saturated heterocycles. The highest BCUT2D eigenvalue weighted by Gasteiger charge is 2.37. The zero-order valence-corrected chi connectivity index (χ0v) is 31.5. The highest BCUT2D eigenvalue weighted by molar-refractivity contribution is 7.99. The lowest BCUT2D eigenvalue weighted by Crippen LogP contribution is -2.10. The Labute approximate surface area is 313 Å². The zero-order chi connectivity index (χ0) is 39.3. The third-order valence-corrected chi connectivity index (χ3v) is 9.81. The molecule has 0 aliphatic heterocycles. The number of carboxylic acids is 4. The minimum Gasteiger partial charge on any atom is -0.481 e. The Morgan fingerprint density at radius 1 is 0.712 bits per heavy atom. The molecular weight excluding hydrogens is 723 g/mol. The van der Waals surface area contributed by atoms with Gasteiger partial charge in [0.15, 0.2) is 5.78 Å². The van der Waals surface area contributed by atoms with Gasteiger partial charge in [-0.15, -0.1) is 0 Å². The number of nitrogens with zero attached hydrogens (tertiary/aromatic N) is 1. The molecule has 17 heteroatoms. The first kappa shape index (κ1) is 50.7. The Bertz CT molecular complexity index is 1270. The van der Waals surface area contributed by atoms with Crippen molar-refractivity contribution >= 4 is 71.3 Å². The maximum Gasteiger partial charge on any atom is 0.307 e. The molecule has 0 bridgehead atoms. The summed E-state index contributed by atoms with van der Waals surface area (Å²) in [6, 6.07) is 0. The van der Waals surface area contributed by atoms with Crippen LogP contribution in [0.25, 0.3) is 0 Å². The molecule has 4 aliphatic rings. The summed E-state index contributed by atoms with van der Waals surface area (Å²) in [5, 5.41) is 50.8. The van der Waals surface area contributed by atoms with Crippen molar-refractivity contribution in [3.8, 4) is 0 Å². The van der Waals surface area contributed by atoms with Crippen molar-refractivity contribution in [2.45, 2.75) is 71.6 Å². The van der Waals surface area contributed by atoms with Gasteiger partial charge < -0.3 is 36.1 Å². The lowest BCUT2D eigenvalue weighted by atomic mass is 10.0. The van der Waals surface area contributed by atoms with Crippen molar-refractivity contribution in [1.29, 1.82) is 0 Å². The standard InChI is InChI=1S/C9H13NO2.C9H14O4S.C8H12O3.C7H8O3.C2H6OS.H2O/c1-3-10-8-5-7(9(11)12)4-6(8)2;10-1-2-14-5-7-3-6(9(12)13)4-8(7)11;1-2-5-3-6(8(10)11)4-7(5)9;1-4-2-5(7(9)10)3-6(4)8;3-1-2-4;/h7H,2-5H2,1H3,(H,11,12);6-7,10H,1-5H2,(H,12,13);5-6H,2-4H2,1H3,(H,10,11);5H,1-3H2,(H,9,10);3-4H,1-2H2;1H2/t7-;;;5-;;/m0..0../s1. The molecule has 4 aliphatic carbocycles. The largest absolute Gasteiger partial charge is 0.481 e. The van der Waals surface area contributed by atoms with Crippen molar-refractivity contribution in [3.63, 3.8) is 0 Å². The van der Waals surface area contributed by atoms with E-state index in [1.165, 1.54) is 11.8 Å². The number of Topliss-reactive ketones (excluding diaryl/α,β-unsaturated/α-hetero) is 3. The molecule has 0 radical (unpaired) electrons. The number of rotatable bonds is 11. The summed E-state index contributed by atoms with van der Waals surface area (Å²) >= 11 is 5.17. The van der Waals surface area contributed by atoms with E-state index >= 15 is 0 Å². The summed E-state index contributed by atoms with van der Waals surface area (Å²) in [5.74, 6) is -3.23. The molecule has 0 heterocycles. The predicted molar refractivity (Wildman–Crippen MR) is 199 cm³/mol. The Morgan fingerprint density at radius 3 is 1.46 bits per heavy atom. The molecule has 4 fully saturated rings. The molecule has 4 unspecified atom stereocenters. The van der Waals surface area contributed by atoms with Gasteiger partial charge in [-0.1, -0.05) is 20.1 Å². The summed E-state index contributed by atoms with van der Waals surface area (Å²) in [5.41, 5.74) is 2.24. The summed E-state index contributed by atoms with van der Waals surface area (Å²) in [6.07, 6.45) is 3.80. The van der Waals surface area contributed by atoms with Crippen LogP contribution in [0.2, 0.25) is 0 Å². The second kappa shape index (κ2) is 27.3. The van der Waals surface area contributed by atoms with E-state index < -0.39 is 41.6 Å². The van der Waals surface area contributed by atoms with E-state index in [9.17, 15) is 33.6 Å². The van der Waals surface area contributed by atoms with Gasteiger partial charge in [0.2, 0.25) is 0 Å². The van der Waals surface area contributed by atoms with Crippen molar-refractivity contribution < 1.29 is 69.7 Å². The van der Waals surface area contributed by atoms with Crippen LogP contribution in [-0.2, 0) is 33.6 Å². The van der Waals surface area contributed by atoms with Crippen LogP contribution in [0.4, 0.5) is 0 Å². The zero-order valence-electron chi connectivity index (χ0n) is 29.8. The Morgan fingerprint density at radius 2 is 1.15 bits per heavy atom. The second-order valence-corrected chi connectivity index (χ2v) is 14.0. The van der Waals surface area contributed by atoms with Crippen molar-refractivity contribution in [2.24, 2.45) is 40.5 Å². The summed E-state index contributed by atoms with van der Waals surface area (Å²) < 4.78 is 0. The van der Waals surface area contributed by atoms with Crippen LogP contribution in [0.3, 0.4) is 0 Å².